The van der Waals surface area contributed by atoms with E-state index in [0.29, 0.717) is 5.56 Å². The Morgan fingerprint density at radius 2 is 2.00 bits per heavy atom. The van der Waals surface area contributed by atoms with Crippen molar-refractivity contribution in [1.82, 2.24) is 0 Å². The summed E-state index contributed by atoms with van der Waals surface area (Å²) >= 11 is 0. The summed E-state index contributed by atoms with van der Waals surface area (Å²) in [4.78, 5) is 11.2. The average molecular weight is 287 g/mol. The SMILES string of the molecule is CCC(Nc1cccc(C(=O)O)c1C)c1cccc(F)c1. The van der Waals surface area contributed by atoms with Crippen molar-refractivity contribution >= 4 is 11.7 Å². The molecule has 0 bridgehead atoms. The molecule has 0 amide bonds. The Balaban J connectivity index is 2.31. The zero-order valence-electron chi connectivity index (χ0n) is 12.1. The molecule has 110 valence electrons. The molecule has 0 radical (unpaired) electrons. The van der Waals surface area contributed by atoms with Crippen LogP contribution in [0.25, 0.3) is 0 Å². The normalized spacial score (nSPS) is 12.0. The number of nitrogens with one attached hydrogen (secondary N) is 1. The maximum atomic E-state index is 13.3. The number of benzene rings is 2. The van der Waals surface area contributed by atoms with Crippen molar-refractivity contribution in [1.29, 1.82) is 0 Å². The lowest BCUT2D eigenvalue weighted by atomic mass is 10.0. The highest BCUT2D eigenvalue weighted by Gasteiger charge is 2.14. The summed E-state index contributed by atoms with van der Waals surface area (Å²) < 4.78 is 13.3. The maximum absolute atomic E-state index is 13.3. The van der Waals surface area contributed by atoms with Gasteiger partial charge in [-0.3, -0.25) is 0 Å². The molecule has 0 aliphatic rings. The zero-order chi connectivity index (χ0) is 15.4. The van der Waals surface area contributed by atoms with E-state index in [0.717, 1.165) is 17.7 Å². The van der Waals surface area contributed by atoms with Crippen LogP contribution in [0.15, 0.2) is 42.5 Å². The summed E-state index contributed by atoms with van der Waals surface area (Å²) in [6, 6.07) is 11.5. The number of hydrogen-bond acceptors (Lipinski definition) is 2. The lowest BCUT2D eigenvalue weighted by molar-refractivity contribution is 0.0696. The van der Waals surface area contributed by atoms with Crippen molar-refractivity contribution in [2.45, 2.75) is 26.3 Å². The number of halogens is 1. The molecule has 0 aromatic heterocycles. The van der Waals surface area contributed by atoms with E-state index >= 15 is 0 Å². The molecule has 1 atom stereocenters. The average Bonchev–Trinajstić information content (AvgIpc) is 2.46. The number of rotatable bonds is 5. The lowest BCUT2D eigenvalue weighted by Crippen LogP contribution is -2.12. The molecule has 0 saturated heterocycles. The van der Waals surface area contributed by atoms with Crippen molar-refractivity contribution in [2.75, 3.05) is 5.32 Å². The van der Waals surface area contributed by atoms with Gasteiger partial charge < -0.3 is 10.4 Å². The zero-order valence-corrected chi connectivity index (χ0v) is 12.1. The van der Waals surface area contributed by atoms with Gasteiger partial charge in [0.2, 0.25) is 0 Å². The Kier molecular flexibility index (Phi) is 4.58. The van der Waals surface area contributed by atoms with Gasteiger partial charge in [0, 0.05) is 5.69 Å². The Morgan fingerprint density at radius 1 is 1.29 bits per heavy atom. The third kappa shape index (κ3) is 3.40. The van der Waals surface area contributed by atoms with E-state index in [-0.39, 0.29) is 17.4 Å². The Labute approximate surface area is 123 Å². The number of carbonyl (C=O) groups is 1. The second-order valence-electron chi connectivity index (χ2n) is 4.94. The second-order valence-corrected chi connectivity index (χ2v) is 4.94. The molecule has 0 aliphatic carbocycles. The summed E-state index contributed by atoms with van der Waals surface area (Å²) in [5.74, 6) is -1.22. The van der Waals surface area contributed by atoms with E-state index in [2.05, 4.69) is 5.32 Å². The minimum Gasteiger partial charge on any atom is -0.478 e. The summed E-state index contributed by atoms with van der Waals surface area (Å²) in [6.07, 6.45) is 0.764. The van der Waals surface area contributed by atoms with Crippen molar-refractivity contribution in [3.63, 3.8) is 0 Å². The van der Waals surface area contributed by atoms with E-state index in [9.17, 15) is 9.18 Å². The molecular formula is C17H18FNO2. The van der Waals surface area contributed by atoms with Gasteiger partial charge in [-0.05, 0) is 48.7 Å². The van der Waals surface area contributed by atoms with Crippen LogP contribution in [0, 0.1) is 12.7 Å². The molecule has 1 unspecified atom stereocenters. The van der Waals surface area contributed by atoms with Crippen LogP contribution in [0.2, 0.25) is 0 Å². The van der Waals surface area contributed by atoms with Crippen LogP contribution >= 0.6 is 0 Å². The molecule has 2 rings (SSSR count). The molecule has 2 aromatic carbocycles. The molecule has 4 heteroatoms. The first kappa shape index (κ1) is 15.0. The fourth-order valence-electron chi connectivity index (χ4n) is 2.36. The second kappa shape index (κ2) is 6.39. The van der Waals surface area contributed by atoms with Crippen LogP contribution in [0.3, 0.4) is 0 Å². The van der Waals surface area contributed by atoms with Crippen LogP contribution in [-0.2, 0) is 0 Å². The Hall–Kier alpha value is -2.36. The highest BCUT2D eigenvalue weighted by molar-refractivity contribution is 5.91. The Bertz CT molecular complexity index is 655. The van der Waals surface area contributed by atoms with Gasteiger partial charge in [-0.1, -0.05) is 25.1 Å². The Morgan fingerprint density at radius 3 is 2.62 bits per heavy atom. The smallest absolute Gasteiger partial charge is 0.336 e. The number of carboxylic acids is 1. The van der Waals surface area contributed by atoms with Crippen LogP contribution in [0.5, 0.6) is 0 Å². The van der Waals surface area contributed by atoms with Gasteiger partial charge in [-0.2, -0.15) is 0 Å². The molecule has 0 fully saturated rings. The van der Waals surface area contributed by atoms with Gasteiger partial charge in [-0.15, -0.1) is 0 Å². The van der Waals surface area contributed by atoms with Crippen LogP contribution < -0.4 is 5.32 Å². The van der Waals surface area contributed by atoms with Crippen LogP contribution in [0.1, 0.15) is 40.9 Å². The fraction of sp³-hybridized carbons (Fsp3) is 0.235. The molecule has 0 spiro atoms. The molecular weight excluding hydrogens is 269 g/mol. The van der Waals surface area contributed by atoms with Crippen LogP contribution in [-0.4, -0.2) is 11.1 Å². The first-order valence-electron chi connectivity index (χ1n) is 6.87. The van der Waals surface area contributed by atoms with E-state index in [1.807, 2.05) is 19.1 Å². The predicted octanol–water partition coefficient (Wildman–Crippen LogP) is 4.40. The number of aromatic carboxylic acids is 1. The standard InChI is InChI=1S/C17H18FNO2/c1-3-15(12-6-4-7-13(18)10-12)19-16-9-5-8-14(11(16)2)17(20)21/h4-10,15,19H,3H2,1-2H3,(H,20,21). The molecule has 2 aromatic rings. The number of anilines is 1. The van der Waals surface area contributed by atoms with Crippen molar-refractivity contribution in [2.24, 2.45) is 0 Å². The number of carboxylic acid groups (broad SMARTS) is 1. The summed E-state index contributed by atoms with van der Waals surface area (Å²) in [6.45, 7) is 3.77. The van der Waals surface area contributed by atoms with Gasteiger partial charge in [0.15, 0.2) is 0 Å². The molecule has 2 N–H and O–H groups in total. The van der Waals surface area contributed by atoms with Gasteiger partial charge in [-0.25, -0.2) is 9.18 Å². The fourth-order valence-corrected chi connectivity index (χ4v) is 2.36. The lowest BCUT2D eigenvalue weighted by Gasteiger charge is -2.21. The van der Waals surface area contributed by atoms with E-state index in [1.165, 1.54) is 12.1 Å². The van der Waals surface area contributed by atoms with Crippen molar-refractivity contribution < 1.29 is 14.3 Å². The monoisotopic (exact) mass is 287 g/mol. The minimum atomic E-state index is -0.949. The molecule has 0 heterocycles. The topological polar surface area (TPSA) is 49.3 Å². The van der Waals surface area contributed by atoms with E-state index < -0.39 is 5.97 Å². The summed E-state index contributed by atoms with van der Waals surface area (Å²) in [5, 5.41) is 12.5. The van der Waals surface area contributed by atoms with Crippen LogP contribution in [0.4, 0.5) is 10.1 Å². The molecule has 0 aliphatic heterocycles. The van der Waals surface area contributed by atoms with Gasteiger partial charge >= 0.3 is 5.97 Å². The van der Waals surface area contributed by atoms with Crippen molar-refractivity contribution in [3.05, 3.63) is 65.0 Å². The largest absolute Gasteiger partial charge is 0.478 e. The maximum Gasteiger partial charge on any atom is 0.336 e. The first-order valence-corrected chi connectivity index (χ1v) is 6.87. The van der Waals surface area contributed by atoms with Crippen molar-refractivity contribution in [3.8, 4) is 0 Å². The molecule has 3 nitrogen and oxygen atoms in total. The number of hydrogen-bond donors (Lipinski definition) is 2. The highest BCUT2D eigenvalue weighted by Crippen LogP contribution is 2.26. The summed E-state index contributed by atoms with van der Waals surface area (Å²) in [7, 11) is 0. The summed E-state index contributed by atoms with van der Waals surface area (Å²) in [5.41, 5.74) is 2.55. The first-order chi connectivity index (χ1) is 10.0. The third-order valence-electron chi connectivity index (χ3n) is 3.55. The van der Waals surface area contributed by atoms with E-state index in [1.54, 1.807) is 25.1 Å². The van der Waals surface area contributed by atoms with E-state index in [4.69, 9.17) is 5.11 Å². The molecule has 0 saturated carbocycles. The molecule has 21 heavy (non-hydrogen) atoms. The third-order valence-corrected chi connectivity index (χ3v) is 3.55. The van der Waals surface area contributed by atoms with Gasteiger partial charge in [0.05, 0.1) is 11.6 Å². The quantitative estimate of drug-likeness (QED) is 0.857. The minimum absolute atomic E-state index is 0.0663. The van der Waals surface area contributed by atoms with Gasteiger partial charge in [0.25, 0.3) is 0 Å². The predicted molar refractivity (Wildman–Crippen MR) is 81.2 cm³/mol. The van der Waals surface area contributed by atoms with Gasteiger partial charge in [0.1, 0.15) is 5.82 Å². The highest BCUT2D eigenvalue weighted by atomic mass is 19.1.